The molecule has 2 aromatic heterocycles. The number of fused-ring (bicyclic) bond motifs is 1. The van der Waals surface area contributed by atoms with Crippen LogP contribution in [0.25, 0.3) is 21.5 Å². The van der Waals surface area contributed by atoms with Gasteiger partial charge in [-0.05, 0) is 49.4 Å². The number of aromatic amines is 1. The number of hydrogen-bond donors (Lipinski definition) is 3. The predicted molar refractivity (Wildman–Crippen MR) is 111 cm³/mol. The molecule has 0 aliphatic heterocycles. The van der Waals surface area contributed by atoms with Crippen molar-refractivity contribution in [2.75, 3.05) is 18.9 Å². The molecule has 0 aliphatic carbocycles. The summed E-state index contributed by atoms with van der Waals surface area (Å²) in [7, 11) is 1.82. The van der Waals surface area contributed by atoms with Crippen LogP contribution in [0, 0.1) is 0 Å². The van der Waals surface area contributed by atoms with Crippen molar-refractivity contribution in [1.29, 1.82) is 0 Å². The largest absolute Gasteiger partial charge is 0.416 e. The monoisotopic (exact) mass is 432 g/mol. The van der Waals surface area contributed by atoms with Gasteiger partial charge in [0.2, 0.25) is 5.13 Å². The van der Waals surface area contributed by atoms with E-state index in [1.165, 1.54) is 23.5 Å². The highest BCUT2D eigenvalue weighted by Gasteiger charge is 2.30. The predicted octanol–water partition coefficient (Wildman–Crippen LogP) is 4.34. The number of halogens is 3. The Morgan fingerprint density at radius 3 is 2.63 bits per heavy atom. The highest BCUT2D eigenvalue weighted by molar-refractivity contribution is 7.18. The number of nitrogens with zero attached hydrogens (tertiary/aromatic N) is 3. The molecule has 4 aromatic rings. The second-order valence-electron chi connectivity index (χ2n) is 6.85. The molecule has 6 nitrogen and oxygen atoms in total. The van der Waals surface area contributed by atoms with Gasteiger partial charge in [-0.3, -0.25) is 5.10 Å². The van der Waals surface area contributed by atoms with Crippen LogP contribution >= 0.6 is 11.3 Å². The molecule has 1 atom stereocenters. The van der Waals surface area contributed by atoms with Crippen molar-refractivity contribution in [3.63, 3.8) is 0 Å². The highest BCUT2D eigenvalue weighted by Crippen LogP contribution is 2.30. The fraction of sp³-hybridized carbons (Fsp3) is 0.250. The molecule has 0 saturated heterocycles. The summed E-state index contributed by atoms with van der Waals surface area (Å²) < 4.78 is 38.1. The zero-order valence-electron chi connectivity index (χ0n) is 16.0. The number of aromatic nitrogens is 4. The maximum absolute atomic E-state index is 12.7. The van der Waals surface area contributed by atoms with Crippen LogP contribution in [0.1, 0.15) is 11.1 Å². The number of benzene rings is 2. The molecule has 10 heteroatoms. The minimum Gasteiger partial charge on any atom is -0.358 e. The van der Waals surface area contributed by atoms with Crippen molar-refractivity contribution < 1.29 is 13.2 Å². The fourth-order valence-electron chi connectivity index (χ4n) is 3.09. The first-order chi connectivity index (χ1) is 14.4. The molecular weight excluding hydrogens is 413 g/mol. The van der Waals surface area contributed by atoms with Gasteiger partial charge in [0, 0.05) is 23.5 Å². The summed E-state index contributed by atoms with van der Waals surface area (Å²) in [6.07, 6.45) is -1.97. The second-order valence-corrected chi connectivity index (χ2v) is 7.83. The SMILES string of the molecule is CN[C@H](CNc1nnc(-c2ccc3[nH]ncc3c2)s1)Cc1ccc(C(F)(F)F)cc1. The Morgan fingerprint density at radius 1 is 1.10 bits per heavy atom. The van der Waals surface area contributed by atoms with E-state index in [2.05, 4.69) is 31.0 Å². The Bertz CT molecular complexity index is 1120. The summed E-state index contributed by atoms with van der Waals surface area (Å²) in [6.45, 7) is 0.562. The third-order valence-electron chi connectivity index (χ3n) is 4.78. The number of rotatable bonds is 7. The van der Waals surface area contributed by atoms with E-state index in [4.69, 9.17) is 0 Å². The number of likely N-dealkylation sites (N-methyl/N-ethyl adjacent to an activating group) is 1. The van der Waals surface area contributed by atoms with Crippen molar-refractivity contribution >= 4 is 27.4 Å². The van der Waals surface area contributed by atoms with Crippen LogP contribution in [0.2, 0.25) is 0 Å². The van der Waals surface area contributed by atoms with Crippen LogP contribution in [0.4, 0.5) is 18.3 Å². The van der Waals surface area contributed by atoms with Gasteiger partial charge in [-0.15, -0.1) is 10.2 Å². The summed E-state index contributed by atoms with van der Waals surface area (Å²) in [5.74, 6) is 0. The average Bonchev–Trinajstić information content (AvgIpc) is 3.39. The number of H-pyrrole nitrogens is 1. The van der Waals surface area contributed by atoms with E-state index in [1.54, 1.807) is 6.20 Å². The van der Waals surface area contributed by atoms with Gasteiger partial charge in [0.05, 0.1) is 17.3 Å². The maximum Gasteiger partial charge on any atom is 0.416 e. The Labute approximate surface area is 174 Å². The molecule has 3 N–H and O–H groups in total. The van der Waals surface area contributed by atoms with Gasteiger partial charge in [0.15, 0.2) is 0 Å². The molecule has 4 rings (SSSR count). The lowest BCUT2D eigenvalue weighted by Crippen LogP contribution is -2.34. The highest BCUT2D eigenvalue weighted by atomic mass is 32.1. The first-order valence-electron chi connectivity index (χ1n) is 9.26. The lowest BCUT2D eigenvalue weighted by molar-refractivity contribution is -0.137. The van der Waals surface area contributed by atoms with E-state index in [0.29, 0.717) is 18.1 Å². The summed E-state index contributed by atoms with van der Waals surface area (Å²) in [5, 5.41) is 24.3. The van der Waals surface area contributed by atoms with Gasteiger partial charge in [0.1, 0.15) is 5.01 Å². The van der Waals surface area contributed by atoms with Gasteiger partial charge in [0.25, 0.3) is 0 Å². The van der Waals surface area contributed by atoms with E-state index >= 15 is 0 Å². The van der Waals surface area contributed by atoms with Crippen LogP contribution < -0.4 is 10.6 Å². The quantitative estimate of drug-likeness (QED) is 0.405. The van der Waals surface area contributed by atoms with Crippen LogP contribution in [-0.2, 0) is 12.6 Å². The average molecular weight is 432 g/mol. The molecule has 2 aromatic carbocycles. The molecule has 2 heterocycles. The van der Waals surface area contributed by atoms with Crippen LogP contribution in [0.3, 0.4) is 0 Å². The van der Waals surface area contributed by atoms with Gasteiger partial charge in [-0.1, -0.05) is 23.5 Å². The van der Waals surface area contributed by atoms with Crippen LogP contribution in [0.5, 0.6) is 0 Å². The van der Waals surface area contributed by atoms with Crippen molar-refractivity contribution in [3.8, 4) is 10.6 Å². The minimum absolute atomic E-state index is 0.0244. The topological polar surface area (TPSA) is 78.5 Å². The Kier molecular flexibility index (Phi) is 5.69. The van der Waals surface area contributed by atoms with Crippen LogP contribution in [-0.4, -0.2) is 40.0 Å². The van der Waals surface area contributed by atoms with Crippen molar-refractivity contribution in [2.45, 2.75) is 18.6 Å². The normalized spacial score (nSPS) is 12.9. The molecule has 30 heavy (non-hydrogen) atoms. The smallest absolute Gasteiger partial charge is 0.358 e. The summed E-state index contributed by atoms with van der Waals surface area (Å²) in [4.78, 5) is 0. The van der Waals surface area contributed by atoms with Crippen LogP contribution in [0.15, 0.2) is 48.7 Å². The van der Waals surface area contributed by atoms with E-state index in [9.17, 15) is 13.2 Å². The van der Waals surface area contributed by atoms with Gasteiger partial charge >= 0.3 is 6.18 Å². The minimum atomic E-state index is -4.32. The lowest BCUT2D eigenvalue weighted by Gasteiger charge is -2.17. The van der Waals surface area contributed by atoms with Gasteiger partial charge in [-0.25, -0.2) is 0 Å². The lowest BCUT2D eigenvalue weighted by atomic mass is 10.0. The number of alkyl halides is 3. The van der Waals surface area contributed by atoms with Crippen molar-refractivity contribution in [3.05, 3.63) is 59.8 Å². The number of nitrogens with one attached hydrogen (secondary N) is 3. The van der Waals surface area contributed by atoms with E-state index < -0.39 is 11.7 Å². The maximum atomic E-state index is 12.7. The Balaban J connectivity index is 1.37. The molecular formula is C20H19F3N6S. The fourth-order valence-corrected chi connectivity index (χ4v) is 3.83. The van der Waals surface area contributed by atoms with E-state index in [0.717, 1.165) is 39.2 Å². The number of hydrogen-bond acceptors (Lipinski definition) is 6. The zero-order chi connectivity index (χ0) is 21.1. The molecule has 0 spiro atoms. The first-order valence-corrected chi connectivity index (χ1v) is 10.1. The summed E-state index contributed by atoms with van der Waals surface area (Å²) >= 11 is 1.44. The molecule has 0 saturated carbocycles. The molecule has 0 radical (unpaired) electrons. The Hall–Kier alpha value is -2.98. The summed E-state index contributed by atoms with van der Waals surface area (Å²) in [6, 6.07) is 11.2. The summed E-state index contributed by atoms with van der Waals surface area (Å²) in [5.41, 5.74) is 2.11. The zero-order valence-corrected chi connectivity index (χ0v) is 16.8. The van der Waals surface area contributed by atoms with Crippen molar-refractivity contribution in [1.82, 2.24) is 25.7 Å². The molecule has 0 bridgehead atoms. The number of anilines is 1. The van der Waals surface area contributed by atoms with Gasteiger partial charge in [-0.2, -0.15) is 18.3 Å². The van der Waals surface area contributed by atoms with Crippen molar-refractivity contribution in [2.24, 2.45) is 0 Å². The van der Waals surface area contributed by atoms with E-state index in [-0.39, 0.29) is 6.04 Å². The standard InChI is InChI=1S/C20H19F3N6S/c1-24-16(8-12-2-5-15(6-3-12)20(21,22)23)11-25-19-29-28-18(30-19)13-4-7-17-14(9-13)10-26-27-17/h2-7,9-10,16,24H,8,11H2,1H3,(H,25,29)(H,26,27)/t16-/m0/s1. The molecule has 0 aliphatic rings. The van der Waals surface area contributed by atoms with Gasteiger partial charge < -0.3 is 10.6 Å². The molecule has 0 fully saturated rings. The van der Waals surface area contributed by atoms with E-state index in [1.807, 2.05) is 25.2 Å². The third kappa shape index (κ3) is 4.60. The molecule has 0 unspecified atom stereocenters. The Morgan fingerprint density at radius 2 is 1.90 bits per heavy atom. The first kappa shape index (κ1) is 20.3. The third-order valence-corrected chi connectivity index (χ3v) is 5.71. The second kappa shape index (κ2) is 8.41. The molecule has 0 amide bonds. The molecule has 156 valence electrons.